The predicted octanol–water partition coefficient (Wildman–Crippen LogP) is 3.64. The Morgan fingerprint density at radius 3 is 2.60 bits per heavy atom. The van der Waals surface area contributed by atoms with Gasteiger partial charge in [0, 0.05) is 23.2 Å². The fraction of sp³-hybridized carbons (Fsp3) is 0.0833. The maximum absolute atomic E-state index is 13.2. The molecule has 0 unspecified atom stereocenters. The topological polar surface area (TPSA) is 114 Å². The maximum Gasteiger partial charge on any atom is 0.265 e. The molecule has 0 aliphatic heterocycles. The minimum absolute atomic E-state index is 0.0348. The van der Waals surface area contributed by atoms with Gasteiger partial charge in [-0.25, -0.2) is 28.1 Å². The Kier molecular flexibility index (Phi) is 7.23. The van der Waals surface area contributed by atoms with Gasteiger partial charge in [0.25, 0.3) is 15.9 Å². The van der Waals surface area contributed by atoms with Crippen molar-refractivity contribution in [1.82, 2.24) is 15.4 Å². The number of nitrogens with one attached hydrogen (secondary N) is 1. The minimum Gasteiger partial charge on any atom is -0.497 e. The number of hydrogen-bond donors (Lipinski definition) is 1. The van der Waals surface area contributed by atoms with E-state index in [1.54, 1.807) is 55.6 Å². The molecule has 0 spiro atoms. The molecule has 0 bridgehead atoms. The molecule has 2 aromatic carbocycles. The lowest BCUT2D eigenvalue weighted by atomic mass is 10.1. The molecule has 1 amide bonds. The van der Waals surface area contributed by atoms with Crippen LogP contribution in [0.4, 0.5) is 5.82 Å². The van der Waals surface area contributed by atoms with E-state index < -0.39 is 22.5 Å². The summed E-state index contributed by atoms with van der Waals surface area (Å²) in [7, 11) is -2.48. The number of ether oxygens (including phenoxy) is 1. The molecule has 0 saturated carbocycles. The lowest BCUT2D eigenvalue weighted by Crippen LogP contribution is -2.40. The number of anilines is 1. The largest absolute Gasteiger partial charge is 0.497 e. The van der Waals surface area contributed by atoms with E-state index in [0.29, 0.717) is 16.8 Å². The highest BCUT2D eigenvalue weighted by Crippen LogP contribution is 2.24. The van der Waals surface area contributed by atoms with Crippen LogP contribution in [0.2, 0.25) is 5.15 Å². The van der Waals surface area contributed by atoms with E-state index in [1.165, 1.54) is 30.6 Å². The SMILES string of the molecule is COc1ccc2cc(/C=N\NC(=O)CN(c3ccccn3)S(=O)(=O)c3ccccc3)c(Cl)nc2c1. The second-order valence-corrected chi connectivity index (χ2v) is 9.45. The van der Waals surface area contributed by atoms with Crippen molar-refractivity contribution >= 4 is 50.5 Å². The molecule has 0 saturated heterocycles. The van der Waals surface area contributed by atoms with Gasteiger partial charge in [-0.2, -0.15) is 5.10 Å². The molecule has 4 aromatic rings. The normalized spacial score (nSPS) is 11.5. The van der Waals surface area contributed by atoms with Gasteiger partial charge in [-0.15, -0.1) is 0 Å². The zero-order valence-electron chi connectivity index (χ0n) is 18.5. The van der Waals surface area contributed by atoms with Gasteiger partial charge in [-0.05, 0) is 42.5 Å². The molecular weight excluding hydrogens is 490 g/mol. The summed E-state index contributed by atoms with van der Waals surface area (Å²) in [5.74, 6) is 0.0892. The number of amides is 1. The first kappa shape index (κ1) is 24.1. The van der Waals surface area contributed by atoms with Crippen molar-refractivity contribution in [1.29, 1.82) is 0 Å². The van der Waals surface area contributed by atoms with Crippen LogP contribution < -0.4 is 14.5 Å². The molecule has 0 radical (unpaired) electrons. The number of rotatable bonds is 8. The molecule has 4 rings (SSSR count). The van der Waals surface area contributed by atoms with E-state index >= 15 is 0 Å². The second kappa shape index (κ2) is 10.5. The van der Waals surface area contributed by atoms with Crippen LogP contribution in [0.15, 0.2) is 89.0 Å². The Balaban J connectivity index is 1.53. The highest BCUT2D eigenvalue weighted by atomic mass is 35.5. The summed E-state index contributed by atoms with van der Waals surface area (Å²) in [6.45, 7) is -0.533. The molecule has 9 nitrogen and oxygen atoms in total. The van der Waals surface area contributed by atoms with Crippen LogP contribution in [0, 0.1) is 0 Å². The Morgan fingerprint density at radius 1 is 1.11 bits per heavy atom. The number of aromatic nitrogens is 2. The van der Waals surface area contributed by atoms with Crippen molar-refractivity contribution < 1.29 is 17.9 Å². The summed E-state index contributed by atoms with van der Waals surface area (Å²) < 4.78 is 32.5. The quantitative estimate of drug-likeness (QED) is 0.220. The fourth-order valence-electron chi connectivity index (χ4n) is 3.21. The Hall–Kier alpha value is -4.02. The number of pyridine rings is 2. The van der Waals surface area contributed by atoms with Crippen molar-refractivity contribution in [3.05, 3.63) is 89.7 Å². The Labute approximate surface area is 207 Å². The molecular formula is C24H20ClN5O4S. The van der Waals surface area contributed by atoms with E-state index in [4.69, 9.17) is 16.3 Å². The fourth-order valence-corrected chi connectivity index (χ4v) is 4.80. The van der Waals surface area contributed by atoms with Crippen LogP contribution in [0.1, 0.15) is 5.56 Å². The average molecular weight is 510 g/mol. The lowest BCUT2D eigenvalue weighted by molar-refractivity contribution is -0.119. The number of carbonyl (C=O) groups is 1. The Morgan fingerprint density at radius 2 is 1.89 bits per heavy atom. The van der Waals surface area contributed by atoms with Crippen LogP contribution in [0.5, 0.6) is 5.75 Å². The zero-order chi connectivity index (χ0) is 24.8. The van der Waals surface area contributed by atoms with Gasteiger partial charge in [0.05, 0.1) is 23.7 Å². The van der Waals surface area contributed by atoms with Crippen molar-refractivity contribution in [3.8, 4) is 5.75 Å². The molecule has 2 heterocycles. The lowest BCUT2D eigenvalue weighted by Gasteiger charge is -2.22. The van der Waals surface area contributed by atoms with E-state index in [2.05, 4.69) is 20.5 Å². The third kappa shape index (κ3) is 5.56. The second-order valence-electron chi connectivity index (χ2n) is 7.23. The third-order valence-corrected chi connectivity index (χ3v) is 6.99. The molecule has 2 aromatic heterocycles. The van der Waals surface area contributed by atoms with Crippen molar-refractivity contribution in [2.45, 2.75) is 4.90 Å². The van der Waals surface area contributed by atoms with E-state index in [9.17, 15) is 13.2 Å². The first-order chi connectivity index (χ1) is 16.9. The molecule has 35 heavy (non-hydrogen) atoms. The van der Waals surface area contributed by atoms with Crippen LogP contribution in [0.3, 0.4) is 0 Å². The number of hydrogen-bond acceptors (Lipinski definition) is 7. The first-order valence-corrected chi connectivity index (χ1v) is 12.2. The molecule has 0 fully saturated rings. The molecule has 0 aliphatic carbocycles. The van der Waals surface area contributed by atoms with E-state index in [1.807, 2.05) is 6.07 Å². The molecule has 0 aliphatic rings. The third-order valence-electron chi connectivity index (χ3n) is 4.92. The van der Waals surface area contributed by atoms with Crippen molar-refractivity contribution in [3.63, 3.8) is 0 Å². The van der Waals surface area contributed by atoms with Gasteiger partial charge in [0.2, 0.25) is 0 Å². The number of benzene rings is 2. The van der Waals surface area contributed by atoms with Crippen molar-refractivity contribution in [2.24, 2.45) is 5.10 Å². The monoisotopic (exact) mass is 509 g/mol. The van der Waals surface area contributed by atoms with Gasteiger partial charge in [-0.3, -0.25) is 4.79 Å². The smallest absolute Gasteiger partial charge is 0.265 e. The van der Waals surface area contributed by atoms with Gasteiger partial charge in [-0.1, -0.05) is 35.9 Å². The summed E-state index contributed by atoms with van der Waals surface area (Å²) >= 11 is 6.25. The molecule has 11 heteroatoms. The van der Waals surface area contributed by atoms with E-state index in [0.717, 1.165) is 9.69 Å². The summed E-state index contributed by atoms with van der Waals surface area (Å²) in [6.07, 6.45) is 2.79. The number of fused-ring (bicyclic) bond motifs is 1. The van der Waals surface area contributed by atoms with Gasteiger partial charge >= 0.3 is 0 Å². The molecule has 178 valence electrons. The van der Waals surface area contributed by atoms with Crippen LogP contribution in [0.25, 0.3) is 10.9 Å². The number of halogens is 1. The number of carbonyl (C=O) groups excluding carboxylic acids is 1. The number of nitrogens with zero attached hydrogens (tertiary/aromatic N) is 4. The van der Waals surface area contributed by atoms with Crippen LogP contribution in [-0.2, 0) is 14.8 Å². The highest BCUT2D eigenvalue weighted by molar-refractivity contribution is 7.92. The standard InChI is InChI=1S/C24H20ClN5O4S/c1-34-19-11-10-17-13-18(24(25)28-21(17)14-19)15-27-29-23(31)16-30(22-9-5-6-12-26-22)35(32,33)20-7-3-2-4-8-20/h2-15H,16H2,1H3,(H,29,31)/b27-15-. The summed E-state index contributed by atoms with van der Waals surface area (Å²) in [5, 5.41) is 4.92. The van der Waals surface area contributed by atoms with Gasteiger partial charge in [0.15, 0.2) is 0 Å². The van der Waals surface area contributed by atoms with Crippen LogP contribution in [-0.4, -0.2) is 44.2 Å². The number of sulfonamides is 1. The van der Waals surface area contributed by atoms with Gasteiger partial charge in [0.1, 0.15) is 23.3 Å². The summed E-state index contributed by atoms with van der Waals surface area (Å²) in [5.41, 5.74) is 3.46. The zero-order valence-corrected chi connectivity index (χ0v) is 20.1. The first-order valence-electron chi connectivity index (χ1n) is 10.3. The van der Waals surface area contributed by atoms with E-state index in [-0.39, 0.29) is 15.9 Å². The van der Waals surface area contributed by atoms with Gasteiger partial charge < -0.3 is 4.74 Å². The number of hydrazone groups is 1. The Bertz CT molecular complexity index is 1480. The highest BCUT2D eigenvalue weighted by Gasteiger charge is 2.27. The summed E-state index contributed by atoms with van der Waals surface area (Å²) in [4.78, 5) is 21.1. The summed E-state index contributed by atoms with van der Waals surface area (Å²) in [6, 6.07) is 19.7. The van der Waals surface area contributed by atoms with Crippen LogP contribution >= 0.6 is 11.6 Å². The predicted molar refractivity (Wildman–Crippen MR) is 134 cm³/mol. The minimum atomic E-state index is -4.05. The number of methoxy groups -OCH3 is 1. The molecule has 0 atom stereocenters. The molecule has 1 N–H and O–H groups in total. The maximum atomic E-state index is 13.2. The van der Waals surface area contributed by atoms with Crippen molar-refractivity contribution in [2.75, 3.05) is 18.0 Å². The average Bonchev–Trinajstić information content (AvgIpc) is 2.88.